The molecule has 1 spiro atoms. The molecule has 2 bridgehead atoms. The molecule has 1 saturated heterocycles. The van der Waals surface area contributed by atoms with Crippen molar-refractivity contribution in [2.24, 2.45) is 5.92 Å². The van der Waals surface area contributed by atoms with Gasteiger partial charge < -0.3 is 24.1 Å². The van der Waals surface area contributed by atoms with Gasteiger partial charge in [-0.25, -0.2) is 0 Å². The van der Waals surface area contributed by atoms with E-state index in [4.69, 9.17) is 9.15 Å². The summed E-state index contributed by atoms with van der Waals surface area (Å²) in [7, 11) is 6.01. The molecule has 3 heterocycles. The first-order chi connectivity index (χ1) is 19.9. The summed E-state index contributed by atoms with van der Waals surface area (Å²) in [4.78, 5) is 20.1. The van der Waals surface area contributed by atoms with Gasteiger partial charge in [0.15, 0.2) is 11.5 Å². The fourth-order valence-corrected chi connectivity index (χ4v) is 8.47. The van der Waals surface area contributed by atoms with E-state index >= 15 is 0 Å². The topological polar surface area (TPSA) is 69.4 Å². The SMILES string of the molecule is CN(C)c1cc(O)c2c3c1C[C@@H]1[C@@H]4CC[C@H](N(C)C(=O)/C=C/c5ccoc5)[C@H](O2)[C@]34CCN1CCc1ccccc1. The lowest BCUT2D eigenvalue weighted by Crippen LogP contribution is -2.69. The second-order valence-corrected chi connectivity index (χ2v) is 12.5. The number of anilines is 1. The Hall–Kier alpha value is -3.71. The van der Waals surface area contributed by atoms with Crippen molar-refractivity contribution >= 4 is 17.7 Å². The Morgan fingerprint density at radius 3 is 2.76 bits per heavy atom. The third-order valence-corrected chi connectivity index (χ3v) is 10.3. The average Bonchev–Trinajstić information content (AvgIpc) is 3.62. The lowest BCUT2D eigenvalue weighted by molar-refractivity contribution is -0.135. The predicted molar refractivity (Wildman–Crippen MR) is 159 cm³/mol. The van der Waals surface area contributed by atoms with E-state index in [9.17, 15) is 9.90 Å². The van der Waals surface area contributed by atoms with E-state index in [1.165, 1.54) is 16.7 Å². The van der Waals surface area contributed by atoms with Crippen molar-refractivity contribution in [1.82, 2.24) is 9.80 Å². The summed E-state index contributed by atoms with van der Waals surface area (Å²) in [5.74, 6) is 1.24. The van der Waals surface area contributed by atoms with Gasteiger partial charge in [0, 0.05) is 68.1 Å². The quantitative estimate of drug-likeness (QED) is 0.421. The summed E-state index contributed by atoms with van der Waals surface area (Å²) in [5.41, 5.74) is 5.63. The number of nitrogens with zero attached hydrogens (tertiary/aromatic N) is 3. The molecule has 1 N–H and O–H groups in total. The maximum absolute atomic E-state index is 13.4. The number of hydrogen-bond acceptors (Lipinski definition) is 6. The highest BCUT2D eigenvalue weighted by atomic mass is 16.5. The van der Waals surface area contributed by atoms with E-state index in [0.717, 1.165) is 56.4 Å². The van der Waals surface area contributed by atoms with Gasteiger partial charge in [0.2, 0.25) is 5.91 Å². The van der Waals surface area contributed by atoms with Crippen LogP contribution in [0.15, 0.2) is 65.5 Å². The number of aromatic hydroxyl groups is 1. The van der Waals surface area contributed by atoms with Gasteiger partial charge in [0.05, 0.1) is 18.6 Å². The highest BCUT2D eigenvalue weighted by Gasteiger charge is 2.66. The lowest BCUT2D eigenvalue weighted by atomic mass is 9.50. The number of likely N-dealkylation sites (N-methyl/N-ethyl adjacent to an activating group) is 1. The Labute approximate surface area is 242 Å². The molecule has 7 rings (SSSR count). The first-order valence-corrected chi connectivity index (χ1v) is 14.9. The first kappa shape index (κ1) is 26.2. The molecule has 214 valence electrons. The zero-order valence-corrected chi connectivity index (χ0v) is 24.1. The van der Waals surface area contributed by atoms with Crippen LogP contribution in [0.1, 0.15) is 41.5 Å². The van der Waals surface area contributed by atoms with Gasteiger partial charge in [-0.15, -0.1) is 0 Å². The van der Waals surface area contributed by atoms with Crippen LogP contribution in [-0.2, 0) is 23.1 Å². The smallest absolute Gasteiger partial charge is 0.246 e. The number of carbonyl (C=O) groups is 1. The fraction of sp³-hybridized carbons (Fsp3) is 0.441. The van der Waals surface area contributed by atoms with Gasteiger partial charge in [-0.2, -0.15) is 0 Å². The molecule has 0 unspecified atom stereocenters. The van der Waals surface area contributed by atoms with Crippen LogP contribution in [0, 0.1) is 5.92 Å². The number of rotatable bonds is 7. The van der Waals surface area contributed by atoms with Gasteiger partial charge in [-0.05, 0) is 67.8 Å². The van der Waals surface area contributed by atoms with Crippen LogP contribution < -0.4 is 9.64 Å². The van der Waals surface area contributed by atoms with E-state index in [2.05, 4.69) is 54.2 Å². The Bertz CT molecular complexity index is 1470. The number of piperidine rings is 1. The summed E-state index contributed by atoms with van der Waals surface area (Å²) in [6.45, 7) is 2.02. The maximum atomic E-state index is 13.4. The summed E-state index contributed by atoms with van der Waals surface area (Å²) in [6.07, 6.45) is 11.3. The Balaban J connectivity index is 1.25. The Kier molecular flexibility index (Phi) is 6.38. The second kappa shape index (κ2) is 9.98. The number of hydrogen-bond donors (Lipinski definition) is 1. The summed E-state index contributed by atoms with van der Waals surface area (Å²) in [6, 6.07) is 14.8. The molecule has 3 aromatic rings. The molecular formula is C34H39N3O4. The van der Waals surface area contributed by atoms with Crippen LogP contribution in [0.25, 0.3) is 6.08 Å². The summed E-state index contributed by atoms with van der Waals surface area (Å²) < 4.78 is 12.0. The summed E-state index contributed by atoms with van der Waals surface area (Å²) >= 11 is 0. The highest BCUT2D eigenvalue weighted by Crippen LogP contribution is 2.65. The molecule has 7 nitrogen and oxygen atoms in total. The standard InChI is InChI=1S/C34H39N3O4/c1-35(2)27-20-29(38)32-31-24(27)19-28-25-10-11-26(36(3)30(39)12-9-23-14-18-40-21-23)33(41-32)34(25,31)15-17-37(28)16-13-22-7-5-4-6-8-22/h4-9,12,14,18,20-21,25-26,28,33,38H,10-11,13,15-17,19H2,1-3H3/b12-9+/t25-,26-,28+,33-,34-/m0/s1. The molecule has 2 aromatic carbocycles. The van der Waals surface area contributed by atoms with Crippen LogP contribution in [0.4, 0.5) is 5.69 Å². The molecule has 5 atom stereocenters. The molecule has 41 heavy (non-hydrogen) atoms. The highest BCUT2D eigenvalue weighted by molar-refractivity contribution is 5.92. The molecule has 0 radical (unpaired) electrons. The molecule has 1 amide bonds. The molecule has 1 saturated carbocycles. The summed E-state index contributed by atoms with van der Waals surface area (Å²) in [5, 5.41) is 11.3. The number of phenolic OH excluding ortho intramolecular Hbond substituents is 1. The number of benzene rings is 2. The fourth-order valence-electron chi connectivity index (χ4n) is 8.47. The maximum Gasteiger partial charge on any atom is 0.246 e. The van der Waals surface area contributed by atoms with Crippen molar-refractivity contribution in [3.05, 3.63) is 83.3 Å². The largest absolute Gasteiger partial charge is 0.504 e. The molecule has 1 aromatic heterocycles. The van der Waals surface area contributed by atoms with Gasteiger partial charge in [-0.3, -0.25) is 9.69 Å². The minimum absolute atomic E-state index is 0.0447. The molecule has 2 aliphatic carbocycles. The van der Waals surface area contributed by atoms with E-state index in [1.54, 1.807) is 24.7 Å². The first-order valence-electron chi connectivity index (χ1n) is 14.9. The van der Waals surface area contributed by atoms with Crippen molar-refractivity contribution in [2.45, 2.75) is 55.7 Å². The lowest BCUT2D eigenvalue weighted by Gasteiger charge is -2.60. The minimum Gasteiger partial charge on any atom is -0.504 e. The van der Waals surface area contributed by atoms with Crippen LogP contribution >= 0.6 is 0 Å². The number of phenols is 1. The number of furan rings is 1. The zero-order valence-electron chi connectivity index (χ0n) is 24.1. The van der Waals surface area contributed by atoms with E-state index in [-0.39, 0.29) is 29.2 Å². The number of carbonyl (C=O) groups excluding carboxylic acids is 1. The number of ether oxygens (including phenoxy) is 1. The van der Waals surface area contributed by atoms with Crippen LogP contribution in [0.2, 0.25) is 0 Å². The molecule has 2 fully saturated rings. The third kappa shape index (κ3) is 4.08. The molecule has 4 aliphatic rings. The van der Waals surface area contributed by atoms with Gasteiger partial charge in [0.25, 0.3) is 0 Å². The van der Waals surface area contributed by atoms with Crippen LogP contribution in [0.5, 0.6) is 11.5 Å². The Morgan fingerprint density at radius 1 is 1.17 bits per heavy atom. The zero-order chi connectivity index (χ0) is 28.3. The van der Waals surface area contributed by atoms with Crippen LogP contribution in [0.3, 0.4) is 0 Å². The van der Waals surface area contributed by atoms with Crippen molar-refractivity contribution in [3.63, 3.8) is 0 Å². The average molecular weight is 554 g/mol. The predicted octanol–water partition coefficient (Wildman–Crippen LogP) is 4.87. The van der Waals surface area contributed by atoms with E-state index < -0.39 is 0 Å². The van der Waals surface area contributed by atoms with E-state index in [1.807, 2.05) is 24.1 Å². The Morgan fingerprint density at radius 2 is 2.00 bits per heavy atom. The van der Waals surface area contributed by atoms with Gasteiger partial charge in [0.1, 0.15) is 6.10 Å². The van der Waals surface area contributed by atoms with Crippen molar-refractivity contribution in [2.75, 3.05) is 39.1 Å². The minimum atomic E-state index is -0.216. The van der Waals surface area contributed by atoms with E-state index in [0.29, 0.717) is 17.7 Å². The number of likely N-dealkylation sites (tertiary alicyclic amines) is 1. The van der Waals surface area contributed by atoms with Crippen molar-refractivity contribution in [1.29, 1.82) is 0 Å². The number of amides is 1. The monoisotopic (exact) mass is 553 g/mol. The second-order valence-electron chi connectivity index (χ2n) is 12.5. The van der Waals surface area contributed by atoms with Gasteiger partial charge >= 0.3 is 0 Å². The van der Waals surface area contributed by atoms with Gasteiger partial charge in [-0.1, -0.05) is 30.3 Å². The third-order valence-electron chi connectivity index (χ3n) is 10.3. The van der Waals surface area contributed by atoms with Crippen molar-refractivity contribution in [3.8, 4) is 11.5 Å². The molecular weight excluding hydrogens is 514 g/mol. The van der Waals surface area contributed by atoms with Crippen molar-refractivity contribution < 1.29 is 19.1 Å². The molecule has 2 aliphatic heterocycles. The molecule has 7 heteroatoms. The normalized spacial score (nSPS) is 27.9. The van der Waals surface area contributed by atoms with Crippen LogP contribution in [-0.4, -0.2) is 73.2 Å².